The molecule has 0 heterocycles. The monoisotopic (exact) mass is 220 g/mol. The number of aliphatic hydroxyl groups excluding tert-OH is 1. The van der Waals surface area contributed by atoms with Gasteiger partial charge in [0.1, 0.15) is 0 Å². The summed E-state index contributed by atoms with van der Waals surface area (Å²) < 4.78 is 0. The third kappa shape index (κ3) is 10.3. The van der Waals surface area contributed by atoms with E-state index in [1.807, 2.05) is 0 Å². The molecule has 0 aliphatic rings. The number of rotatable bonds is 10. The van der Waals surface area contributed by atoms with Crippen molar-refractivity contribution >= 4 is 11.6 Å². The predicted octanol–water partition coefficient (Wildman–Crippen LogP) is 4.12. The van der Waals surface area contributed by atoms with E-state index in [4.69, 9.17) is 16.7 Å². The van der Waals surface area contributed by atoms with Gasteiger partial charge in [-0.25, -0.2) is 0 Å². The first-order valence-corrected chi connectivity index (χ1v) is 6.49. The van der Waals surface area contributed by atoms with E-state index in [-0.39, 0.29) is 12.0 Å². The summed E-state index contributed by atoms with van der Waals surface area (Å²) in [7, 11) is 0. The van der Waals surface area contributed by atoms with Crippen LogP contribution in [0.15, 0.2) is 0 Å². The van der Waals surface area contributed by atoms with Crippen molar-refractivity contribution in [3.8, 4) is 0 Å². The Morgan fingerprint density at radius 2 is 1.43 bits per heavy atom. The van der Waals surface area contributed by atoms with E-state index in [1.54, 1.807) is 0 Å². The maximum atomic E-state index is 8.70. The van der Waals surface area contributed by atoms with E-state index < -0.39 is 0 Å². The lowest BCUT2D eigenvalue weighted by Crippen LogP contribution is -2.03. The number of hydrogen-bond acceptors (Lipinski definition) is 1. The van der Waals surface area contributed by atoms with Crippen LogP contribution in [-0.2, 0) is 0 Å². The average Bonchev–Trinajstić information content (AvgIpc) is 2.21. The van der Waals surface area contributed by atoms with Crippen LogP contribution in [0.4, 0.5) is 0 Å². The van der Waals surface area contributed by atoms with Crippen molar-refractivity contribution in [1.82, 2.24) is 0 Å². The van der Waals surface area contributed by atoms with Crippen LogP contribution in [0.25, 0.3) is 0 Å². The maximum absolute atomic E-state index is 8.70. The van der Waals surface area contributed by atoms with Gasteiger partial charge in [0.2, 0.25) is 0 Å². The van der Waals surface area contributed by atoms with Gasteiger partial charge in [-0.15, -0.1) is 11.6 Å². The lowest BCUT2D eigenvalue weighted by Gasteiger charge is -2.05. The molecule has 0 aromatic heterocycles. The Morgan fingerprint density at radius 3 is 1.93 bits per heavy atom. The molecule has 0 aromatic carbocycles. The van der Waals surface area contributed by atoms with Crippen molar-refractivity contribution < 1.29 is 5.11 Å². The summed E-state index contributed by atoms with van der Waals surface area (Å²) in [6.07, 6.45) is 11.6. The highest BCUT2D eigenvalue weighted by Gasteiger charge is 2.00. The third-order valence-electron chi connectivity index (χ3n) is 2.57. The van der Waals surface area contributed by atoms with Crippen molar-refractivity contribution in [2.24, 2.45) is 0 Å². The molecule has 0 saturated heterocycles. The molecular weight excluding hydrogens is 196 g/mol. The summed E-state index contributed by atoms with van der Waals surface area (Å²) in [6, 6.07) is 0. The SMILES string of the molecule is CCCCCCCCCC[C@@H](Cl)CO. The zero-order chi connectivity index (χ0) is 10.6. The second kappa shape index (κ2) is 11.3. The minimum absolute atomic E-state index is 0.0184. The number of halogens is 1. The molecule has 0 bridgehead atoms. The summed E-state index contributed by atoms with van der Waals surface area (Å²) in [4.78, 5) is 0. The van der Waals surface area contributed by atoms with Gasteiger partial charge in [0.15, 0.2) is 0 Å². The molecule has 0 fully saturated rings. The summed E-state index contributed by atoms with van der Waals surface area (Å²) in [5, 5.41) is 8.68. The molecule has 86 valence electrons. The summed E-state index contributed by atoms with van der Waals surface area (Å²) in [6.45, 7) is 2.37. The fourth-order valence-electron chi connectivity index (χ4n) is 1.59. The van der Waals surface area contributed by atoms with Gasteiger partial charge in [-0.1, -0.05) is 58.3 Å². The topological polar surface area (TPSA) is 20.2 Å². The van der Waals surface area contributed by atoms with E-state index in [0.717, 1.165) is 6.42 Å². The summed E-state index contributed by atoms with van der Waals surface area (Å²) >= 11 is 5.80. The van der Waals surface area contributed by atoms with Crippen LogP contribution >= 0.6 is 11.6 Å². The highest BCUT2D eigenvalue weighted by Crippen LogP contribution is 2.12. The number of unbranched alkanes of at least 4 members (excludes halogenated alkanes) is 7. The normalized spacial score (nSPS) is 13.1. The van der Waals surface area contributed by atoms with Crippen molar-refractivity contribution in [2.45, 2.75) is 70.1 Å². The molecule has 0 saturated carbocycles. The van der Waals surface area contributed by atoms with Crippen LogP contribution < -0.4 is 0 Å². The molecular formula is C12H25ClO. The standard InChI is InChI=1S/C12H25ClO/c1-2-3-4-5-6-7-8-9-10-12(13)11-14/h12,14H,2-11H2,1H3/t12-/m1/s1. The Hall–Kier alpha value is 0.250. The smallest absolute Gasteiger partial charge is 0.0595 e. The molecule has 0 radical (unpaired) electrons. The summed E-state index contributed by atoms with van der Waals surface area (Å²) in [5.41, 5.74) is 0. The average molecular weight is 221 g/mol. The molecule has 0 amide bonds. The highest BCUT2D eigenvalue weighted by molar-refractivity contribution is 6.20. The molecule has 0 spiro atoms. The maximum Gasteiger partial charge on any atom is 0.0595 e. The van der Waals surface area contributed by atoms with E-state index in [0.29, 0.717) is 0 Å². The zero-order valence-electron chi connectivity index (χ0n) is 9.47. The molecule has 0 aliphatic heterocycles. The van der Waals surface area contributed by atoms with Gasteiger partial charge in [0.05, 0.1) is 12.0 Å². The van der Waals surface area contributed by atoms with Crippen LogP contribution in [-0.4, -0.2) is 17.1 Å². The molecule has 0 aromatic rings. The van der Waals surface area contributed by atoms with Crippen LogP contribution in [0.2, 0.25) is 0 Å². The van der Waals surface area contributed by atoms with Gasteiger partial charge in [-0.05, 0) is 6.42 Å². The molecule has 1 nitrogen and oxygen atoms in total. The first-order chi connectivity index (χ1) is 6.81. The molecule has 0 unspecified atom stereocenters. The largest absolute Gasteiger partial charge is 0.395 e. The van der Waals surface area contributed by atoms with E-state index in [9.17, 15) is 0 Å². The van der Waals surface area contributed by atoms with Crippen molar-refractivity contribution in [2.75, 3.05) is 6.61 Å². The van der Waals surface area contributed by atoms with Gasteiger partial charge in [-0.2, -0.15) is 0 Å². The fraction of sp³-hybridized carbons (Fsp3) is 1.00. The van der Waals surface area contributed by atoms with Gasteiger partial charge in [0, 0.05) is 0 Å². The Balaban J connectivity index is 2.92. The highest BCUT2D eigenvalue weighted by atomic mass is 35.5. The number of alkyl halides is 1. The van der Waals surface area contributed by atoms with E-state index in [1.165, 1.54) is 51.4 Å². The Bertz CT molecular complexity index is 106. The quantitative estimate of drug-likeness (QED) is 0.434. The summed E-state index contributed by atoms with van der Waals surface area (Å²) in [5.74, 6) is 0. The van der Waals surface area contributed by atoms with Crippen LogP contribution in [0.3, 0.4) is 0 Å². The van der Waals surface area contributed by atoms with Crippen LogP contribution in [0.1, 0.15) is 64.7 Å². The van der Waals surface area contributed by atoms with Gasteiger partial charge >= 0.3 is 0 Å². The fourth-order valence-corrected chi connectivity index (χ4v) is 1.75. The molecule has 2 heteroatoms. The minimum atomic E-state index is -0.0184. The predicted molar refractivity (Wildman–Crippen MR) is 64.0 cm³/mol. The molecule has 0 aliphatic carbocycles. The Labute approximate surface area is 93.9 Å². The van der Waals surface area contributed by atoms with Gasteiger partial charge < -0.3 is 5.11 Å². The van der Waals surface area contributed by atoms with Crippen molar-refractivity contribution in [3.05, 3.63) is 0 Å². The van der Waals surface area contributed by atoms with E-state index in [2.05, 4.69) is 6.92 Å². The first kappa shape index (κ1) is 14.2. The molecule has 14 heavy (non-hydrogen) atoms. The first-order valence-electron chi connectivity index (χ1n) is 6.06. The zero-order valence-corrected chi connectivity index (χ0v) is 10.2. The van der Waals surface area contributed by atoms with Gasteiger partial charge in [0.25, 0.3) is 0 Å². The molecule has 1 N–H and O–H groups in total. The number of hydrogen-bond donors (Lipinski definition) is 1. The third-order valence-corrected chi connectivity index (χ3v) is 2.93. The van der Waals surface area contributed by atoms with E-state index >= 15 is 0 Å². The van der Waals surface area contributed by atoms with Crippen LogP contribution in [0, 0.1) is 0 Å². The second-order valence-corrected chi connectivity index (χ2v) is 4.66. The second-order valence-electron chi connectivity index (χ2n) is 4.04. The lowest BCUT2D eigenvalue weighted by molar-refractivity contribution is 0.286. The Morgan fingerprint density at radius 1 is 0.929 bits per heavy atom. The number of aliphatic hydroxyl groups is 1. The van der Waals surface area contributed by atoms with Crippen LogP contribution in [0.5, 0.6) is 0 Å². The Kier molecular flexibility index (Phi) is 11.5. The molecule has 1 atom stereocenters. The molecule has 0 rings (SSSR count). The van der Waals surface area contributed by atoms with Crippen molar-refractivity contribution in [3.63, 3.8) is 0 Å². The van der Waals surface area contributed by atoms with Gasteiger partial charge in [-0.3, -0.25) is 0 Å². The minimum Gasteiger partial charge on any atom is -0.395 e. The lowest BCUT2D eigenvalue weighted by atomic mass is 10.1. The van der Waals surface area contributed by atoms with Crippen molar-refractivity contribution in [1.29, 1.82) is 0 Å².